The van der Waals surface area contributed by atoms with E-state index in [1.54, 1.807) is 6.08 Å². The Labute approximate surface area is 576 Å². The van der Waals surface area contributed by atoms with Gasteiger partial charge in [-0.2, -0.15) is 0 Å². The van der Waals surface area contributed by atoms with E-state index in [1.165, 1.54) is 212 Å². The molecule has 536 valence electrons. The fraction of sp³-hybridized carbons (Fsp3) is 0.726. The molecule has 0 saturated heterocycles. The zero-order valence-electron chi connectivity index (χ0n) is 61.5. The van der Waals surface area contributed by atoms with E-state index in [2.05, 4.69) is 141 Å². The highest BCUT2D eigenvalue weighted by atomic mass is 31.2. The van der Waals surface area contributed by atoms with Crippen LogP contribution in [0.1, 0.15) is 341 Å². The molecule has 0 heterocycles. The van der Waals surface area contributed by atoms with Gasteiger partial charge >= 0.3 is 7.82 Å². The SMILES string of the molecule is CC/C=C\C/C=C\C/C=C\C/C=C\C/C=C\C/C=C\C/C=C\C/C=C\C/C=C\C/C=C\CCCCCCCCCCCCC(=O)NC(COP(=O)(O)OCC[N+](C)(C)C)C(O)/C=C/CCCCCCCCCCCCCCCCCCCCCCCCCCCCCC. The van der Waals surface area contributed by atoms with Gasteiger partial charge in [0.25, 0.3) is 0 Å². The van der Waals surface area contributed by atoms with Crippen LogP contribution < -0.4 is 5.32 Å². The summed E-state index contributed by atoms with van der Waals surface area (Å²) in [7, 11) is 1.57. The van der Waals surface area contributed by atoms with E-state index in [0.29, 0.717) is 17.4 Å². The number of phosphoric ester groups is 1. The summed E-state index contributed by atoms with van der Waals surface area (Å²) >= 11 is 0. The maximum absolute atomic E-state index is 13.1. The Balaban J connectivity index is 4.08. The Morgan fingerprint density at radius 1 is 0.376 bits per heavy atom. The number of rotatable bonds is 71. The predicted octanol–water partition coefficient (Wildman–Crippen LogP) is 25.7. The van der Waals surface area contributed by atoms with Gasteiger partial charge < -0.3 is 19.8 Å². The summed E-state index contributed by atoms with van der Waals surface area (Å²) in [6, 6.07) is -0.860. The van der Waals surface area contributed by atoms with Crippen LogP contribution in [-0.4, -0.2) is 73.4 Å². The van der Waals surface area contributed by atoms with Crippen LogP contribution in [0.5, 0.6) is 0 Å². The Bertz CT molecular complexity index is 1990. The topological polar surface area (TPSA) is 105 Å². The minimum Gasteiger partial charge on any atom is -0.387 e. The van der Waals surface area contributed by atoms with E-state index in [0.717, 1.165) is 109 Å². The maximum Gasteiger partial charge on any atom is 0.472 e. The highest BCUT2D eigenvalue weighted by Gasteiger charge is 2.28. The maximum atomic E-state index is 13.1. The van der Waals surface area contributed by atoms with Gasteiger partial charge in [-0.3, -0.25) is 13.8 Å². The fourth-order valence-corrected chi connectivity index (χ4v) is 11.9. The van der Waals surface area contributed by atoms with Crippen LogP contribution >= 0.6 is 7.82 Å². The van der Waals surface area contributed by atoms with Crippen molar-refractivity contribution in [3.8, 4) is 0 Å². The van der Waals surface area contributed by atoms with Crippen molar-refractivity contribution in [3.05, 3.63) is 134 Å². The second-order valence-corrected chi connectivity index (χ2v) is 28.8. The molecule has 3 unspecified atom stereocenters. The summed E-state index contributed by atoms with van der Waals surface area (Å²) in [6.45, 7) is 4.73. The number of aliphatic hydroxyl groups excluding tert-OH is 1. The summed E-state index contributed by atoms with van der Waals surface area (Å²) in [5.41, 5.74) is 0. The molecule has 0 aromatic carbocycles. The number of nitrogens with one attached hydrogen (secondary N) is 1. The number of amides is 1. The lowest BCUT2D eigenvalue weighted by atomic mass is 10.0. The number of carbonyl (C=O) groups is 1. The molecule has 9 heteroatoms. The van der Waals surface area contributed by atoms with Crippen LogP contribution in [0.4, 0.5) is 0 Å². The standard InChI is InChI=1S/C84H149N2O6P/c1-6-8-10-12-14-16-18-20-22-24-26-28-30-32-34-36-38-39-40-41-42-43-44-45-46-47-48-50-52-54-56-58-60-62-64-66-68-70-72-74-76-78-84(88)85-82(81-92-93(89,90)91-80-79-86(3,4)5)83(87)77-75-73-71-69-67-65-63-61-59-57-55-53-51-49-37-35-33-31-29-27-25-23-21-19-17-15-13-11-9-7-2/h8,10,14,16,20,22,26,28,32,34,38-39,41-42,44-45,47-48,52,54,75,77,82-83,87H,6-7,9,11-13,15,17-19,21,23-25,27,29-31,33,35-37,40,43,46,49-51,53,55-74,76,78-81H2,1-5H3,(H-,85,88,89,90)/p+1/b10-8-,16-14-,22-20-,28-26-,34-32-,39-38-,42-41-,45-44-,48-47-,54-52-,77-75+. The first-order valence-corrected chi connectivity index (χ1v) is 40.6. The lowest BCUT2D eigenvalue weighted by molar-refractivity contribution is -0.870. The van der Waals surface area contributed by atoms with Gasteiger partial charge in [0, 0.05) is 6.42 Å². The van der Waals surface area contributed by atoms with Crippen LogP contribution in [-0.2, 0) is 18.4 Å². The molecule has 3 N–H and O–H groups in total. The van der Waals surface area contributed by atoms with E-state index in [9.17, 15) is 19.4 Å². The van der Waals surface area contributed by atoms with Crippen LogP contribution in [0.2, 0.25) is 0 Å². The van der Waals surface area contributed by atoms with Crippen LogP contribution in [0, 0.1) is 0 Å². The van der Waals surface area contributed by atoms with E-state index in [1.807, 2.05) is 27.2 Å². The molecule has 0 rings (SSSR count). The van der Waals surface area contributed by atoms with Crippen LogP contribution in [0.15, 0.2) is 134 Å². The number of unbranched alkanes of at least 4 members (excludes halogenated alkanes) is 38. The number of nitrogens with zero attached hydrogens (tertiary/aromatic N) is 1. The Hall–Kier alpha value is -3.36. The normalized spacial score (nSPS) is 14.3. The molecule has 3 atom stereocenters. The zero-order chi connectivity index (χ0) is 67.6. The average Bonchev–Trinajstić information content (AvgIpc) is 2.75. The molecule has 0 saturated carbocycles. The number of hydrogen-bond donors (Lipinski definition) is 3. The number of hydrogen-bond acceptors (Lipinski definition) is 5. The monoisotopic (exact) mass is 1310 g/mol. The third kappa shape index (κ3) is 75.9. The molecular weight excluding hydrogens is 1160 g/mol. The smallest absolute Gasteiger partial charge is 0.387 e. The quantitative estimate of drug-likeness (QED) is 0.0243. The van der Waals surface area contributed by atoms with E-state index in [-0.39, 0.29) is 19.1 Å². The predicted molar refractivity (Wildman–Crippen MR) is 410 cm³/mol. The highest BCUT2D eigenvalue weighted by molar-refractivity contribution is 7.47. The molecular formula is C84H150N2O6P+. The van der Waals surface area contributed by atoms with Crippen molar-refractivity contribution in [1.29, 1.82) is 0 Å². The van der Waals surface area contributed by atoms with Crippen molar-refractivity contribution in [3.63, 3.8) is 0 Å². The van der Waals surface area contributed by atoms with Crippen LogP contribution in [0.3, 0.4) is 0 Å². The fourth-order valence-electron chi connectivity index (χ4n) is 11.1. The van der Waals surface area contributed by atoms with Crippen molar-refractivity contribution in [1.82, 2.24) is 5.32 Å². The molecule has 0 aromatic rings. The minimum atomic E-state index is -4.37. The first-order chi connectivity index (χ1) is 45.5. The average molecular weight is 1320 g/mol. The third-order valence-corrected chi connectivity index (χ3v) is 18.1. The Morgan fingerprint density at radius 2 is 0.645 bits per heavy atom. The molecule has 8 nitrogen and oxygen atoms in total. The Morgan fingerprint density at radius 3 is 0.946 bits per heavy atom. The molecule has 93 heavy (non-hydrogen) atoms. The number of likely N-dealkylation sites (N-methyl/N-ethyl adjacent to an activating group) is 1. The van der Waals surface area contributed by atoms with Gasteiger partial charge in [-0.1, -0.05) is 372 Å². The third-order valence-electron chi connectivity index (χ3n) is 17.1. The minimum absolute atomic E-state index is 0.0557. The molecule has 0 fully saturated rings. The molecule has 0 aromatic heterocycles. The van der Waals surface area contributed by atoms with Gasteiger partial charge in [0.15, 0.2) is 0 Å². The van der Waals surface area contributed by atoms with Gasteiger partial charge in [0.05, 0.1) is 39.9 Å². The highest BCUT2D eigenvalue weighted by Crippen LogP contribution is 2.43. The molecule has 1 amide bonds. The van der Waals surface area contributed by atoms with Gasteiger partial charge in [0.1, 0.15) is 13.2 Å². The lowest BCUT2D eigenvalue weighted by Crippen LogP contribution is -2.45. The van der Waals surface area contributed by atoms with E-state index < -0.39 is 20.0 Å². The van der Waals surface area contributed by atoms with Crippen molar-refractivity contribution >= 4 is 13.7 Å². The summed E-state index contributed by atoms with van der Waals surface area (Å²) in [5.74, 6) is -0.182. The van der Waals surface area contributed by atoms with Gasteiger partial charge in [-0.15, -0.1) is 0 Å². The molecule has 0 aliphatic heterocycles. The van der Waals surface area contributed by atoms with Crippen molar-refractivity contribution in [2.75, 3.05) is 40.9 Å². The van der Waals surface area contributed by atoms with Crippen molar-refractivity contribution < 1.29 is 32.9 Å². The zero-order valence-corrected chi connectivity index (χ0v) is 62.4. The molecule has 0 radical (unpaired) electrons. The number of quaternary nitrogens is 1. The van der Waals surface area contributed by atoms with Crippen molar-refractivity contribution in [2.24, 2.45) is 0 Å². The van der Waals surface area contributed by atoms with Gasteiger partial charge in [0.2, 0.25) is 5.91 Å². The second kappa shape index (κ2) is 72.9. The van der Waals surface area contributed by atoms with Gasteiger partial charge in [-0.25, -0.2) is 4.57 Å². The number of phosphoric acid groups is 1. The first kappa shape index (κ1) is 89.6. The Kier molecular flexibility index (Phi) is 70.3. The lowest BCUT2D eigenvalue weighted by Gasteiger charge is -2.25. The summed E-state index contributed by atoms with van der Waals surface area (Å²) < 4.78 is 23.9. The van der Waals surface area contributed by atoms with E-state index >= 15 is 0 Å². The number of aliphatic hydroxyl groups is 1. The number of allylic oxidation sites excluding steroid dienone is 21. The van der Waals surface area contributed by atoms with E-state index in [4.69, 9.17) is 9.05 Å². The molecule has 0 aliphatic carbocycles. The summed E-state index contributed by atoms with van der Waals surface area (Å²) in [4.78, 5) is 23.5. The van der Waals surface area contributed by atoms with Crippen molar-refractivity contribution in [2.45, 2.75) is 353 Å². The van der Waals surface area contributed by atoms with Gasteiger partial charge in [-0.05, 0) is 96.3 Å². The second-order valence-electron chi connectivity index (χ2n) is 27.4. The molecule has 0 aliphatic rings. The van der Waals surface area contributed by atoms with Crippen LogP contribution in [0.25, 0.3) is 0 Å². The number of carbonyl (C=O) groups excluding carboxylic acids is 1. The molecule has 0 spiro atoms. The first-order valence-electron chi connectivity index (χ1n) is 39.1. The molecule has 0 bridgehead atoms. The summed E-state index contributed by atoms with van der Waals surface area (Å²) in [5, 5.41) is 14.0. The summed E-state index contributed by atoms with van der Waals surface area (Å²) in [6.07, 6.45) is 110. The largest absolute Gasteiger partial charge is 0.472 e.